The van der Waals surface area contributed by atoms with Gasteiger partial charge in [-0.15, -0.1) is 0 Å². The highest BCUT2D eigenvalue weighted by molar-refractivity contribution is 6.38. The van der Waals surface area contributed by atoms with Crippen molar-refractivity contribution < 1.29 is 9.94 Å². The smallest absolute Gasteiger partial charge is 0.243 e. The molecule has 0 unspecified atom stereocenters. The van der Waals surface area contributed by atoms with Crippen molar-refractivity contribution in [2.24, 2.45) is 0 Å². The van der Waals surface area contributed by atoms with Gasteiger partial charge < -0.3 is 5.73 Å². The van der Waals surface area contributed by atoms with Crippen molar-refractivity contribution in [2.75, 3.05) is 5.73 Å². The summed E-state index contributed by atoms with van der Waals surface area (Å²) in [6, 6.07) is 0. The van der Waals surface area contributed by atoms with Crippen LogP contribution in [0.2, 0.25) is 10.0 Å². The number of halogens is 2. The Kier molecular flexibility index (Phi) is 1.87. The first-order valence-corrected chi connectivity index (χ1v) is 3.22. The van der Waals surface area contributed by atoms with E-state index in [0.29, 0.717) is 0 Å². The molecule has 10 heavy (non-hydrogen) atoms. The van der Waals surface area contributed by atoms with Crippen LogP contribution >= 0.6 is 23.2 Å². The Labute approximate surface area is 67.6 Å². The summed E-state index contributed by atoms with van der Waals surface area (Å²) in [6.07, 6.45) is 2.51. The Hall–Kier alpha value is -0.670. The summed E-state index contributed by atoms with van der Waals surface area (Å²) in [7, 11) is 0. The molecule has 3 N–H and O–H groups in total. The number of hydrogen-bond acceptors (Lipinski definition) is 2. The summed E-state index contributed by atoms with van der Waals surface area (Å²) >= 11 is 11.1. The van der Waals surface area contributed by atoms with Crippen LogP contribution in [0.5, 0.6) is 0 Å². The molecule has 5 heteroatoms. The normalized spacial score (nSPS) is 9.80. The van der Waals surface area contributed by atoms with Gasteiger partial charge in [-0.05, 0) is 0 Å². The summed E-state index contributed by atoms with van der Waals surface area (Å²) in [5.41, 5.74) is 5.63. The van der Waals surface area contributed by atoms with Gasteiger partial charge >= 0.3 is 0 Å². The van der Waals surface area contributed by atoms with E-state index >= 15 is 0 Å². The molecule has 0 aliphatic carbocycles. The lowest BCUT2D eigenvalue weighted by Gasteiger charge is -1.94. The molecule has 3 nitrogen and oxygen atoms in total. The summed E-state index contributed by atoms with van der Waals surface area (Å²) in [6.45, 7) is 0. The topological polar surface area (TPSA) is 50.1 Å². The predicted octanol–water partition coefficient (Wildman–Crippen LogP) is 1.10. The third kappa shape index (κ3) is 1.25. The first kappa shape index (κ1) is 7.44. The second-order valence-corrected chi connectivity index (χ2v) is 2.56. The maximum atomic E-state index is 8.81. The van der Waals surface area contributed by atoms with Crippen LogP contribution in [0.4, 0.5) is 5.69 Å². The molecule has 0 saturated carbocycles. The van der Waals surface area contributed by atoms with E-state index in [9.17, 15) is 0 Å². The van der Waals surface area contributed by atoms with Crippen LogP contribution < -0.4 is 10.5 Å². The molecule has 1 heterocycles. The lowest BCUT2D eigenvalue weighted by molar-refractivity contribution is -0.904. The molecule has 0 bridgehead atoms. The fourth-order valence-corrected chi connectivity index (χ4v) is 0.975. The summed E-state index contributed by atoms with van der Waals surface area (Å²) < 4.78 is 0.751. The van der Waals surface area contributed by atoms with Gasteiger partial charge in [-0.2, -0.15) is 0 Å². The van der Waals surface area contributed by atoms with Gasteiger partial charge in [0.25, 0.3) is 0 Å². The molecule has 0 aliphatic rings. The van der Waals surface area contributed by atoms with E-state index in [2.05, 4.69) is 0 Å². The van der Waals surface area contributed by atoms with Crippen molar-refractivity contribution in [3.63, 3.8) is 0 Å². The van der Waals surface area contributed by atoms with Gasteiger partial charge in [0.15, 0.2) is 0 Å². The lowest BCUT2D eigenvalue weighted by Crippen LogP contribution is -2.28. The lowest BCUT2D eigenvalue weighted by atomic mass is 10.4. The number of nitrogens with two attached hydrogens (primary N) is 1. The number of anilines is 1. The fourth-order valence-electron chi connectivity index (χ4n) is 0.523. The summed E-state index contributed by atoms with van der Waals surface area (Å²) in [5.74, 6) is 0. The molecule has 0 fully saturated rings. The molecule has 0 amide bonds. The molecule has 0 atom stereocenters. The minimum atomic E-state index is 0.231. The van der Waals surface area contributed by atoms with Crippen molar-refractivity contribution >= 4 is 28.9 Å². The molecule has 0 aliphatic heterocycles. The maximum absolute atomic E-state index is 8.81. The Morgan fingerprint density at radius 3 is 2.10 bits per heavy atom. The zero-order valence-electron chi connectivity index (χ0n) is 4.88. The Bertz CT molecular complexity index is 241. The van der Waals surface area contributed by atoms with Crippen LogP contribution in [0.3, 0.4) is 0 Å². The second kappa shape index (κ2) is 2.52. The van der Waals surface area contributed by atoms with Crippen LogP contribution in [0, 0.1) is 0 Å². The third-order valence-corrected chi connectivity index (χ3v) is 1.61. The third-order valence-electron chi connectivity index (χ3n) is 1.01. The van der Waals surface area contributed by atoms with Crippen LogP contribution in [0.25, 0.3) is 0 Å². The molecule has 54 valence electrons. The van der Waals surface area contributed by atoms with Gasteiger partial charge in [-0.1, -0.05) is 23.2 Å². The Balaban J connectivity index is 3.31. The number of pyridine rings is 1. The minimum absolute atomic E-state index is 0.231. The van der Waals surface area contributed by atoms with E-state index in [1.807, 2.05) is 0 Å². The van der Waals surface area contributed by atoms with E-state index in [1.165, 1.54) is 12.4 Å². The van der Waals surface area contributed by atoms with Crippen LogP contribution in [-0.4, -0.2) is 5.21 Å². The van der Waals surface area contributed by atoms with E-state index in [4.69, 9.17) is 34.1 Å². The van der Waals surface area contributed by atoms with Crippen molar-refractivity contribution in [3.8, 4) is 0 Å². The first-order valence-electron chi connectivity index (χ1n) is 2.46. The molecular weight excluding hydrogens is 175 g/mol. The number of nitrogens with zero attached hydrogens (tertiary/aromatic N) is 1. The van der Waals surface area contributed by atoms with Gasteiger partial charge in [0.2, 0.25) is 12.4 Å². The number of rotatable bonds is 0. The summed E-state index contributed by atoms with van der Waals surface area (Å²) in [5, 5.41) is 9.27. The van der Waals surface area contributed by atoms with Gasteiger partial charge in [-0.25, -0.2) is 0 Å². The molecule has 1 rings (SSSR count). The second-order valence-electron chi connectivity index (χ2n) is 1.75. The first-order chi connectivity index (χ1) is 4.61. The van der Waals surface area contributed by atoms with E-state index in [0.717, 1.165) is 4.73 Å². The van der Waals surface area contributed by atoms with Gasteiger partial charge in [0, 0.05) is 4.73 Å². The fraction of sp³-hybridized carbons (Fsp3) is 0. The van der Waals surface area contributed by atoms with Gasteiger partial charge in [-0.3, -0.25) is 5.21 Å². The largest absolute Gasteiger partial charge is 0.396 e. The van der Waals surface area contributed by atoms with Gasteiger partial charge in [0.05, 0.1) is 5.69 Å². The minimum Gasteiger partial charge on any atom is -0.396 e. The molecule has 0 radical (unpaired) electrons. The predicted molar refractivity (Wildman–Crippen MR) is 38.3 cm³/mol. The van der Waals surface area contributed by atoms with Crippen LogP contribution in [0.1, 0.15) is 0 Å². The van der Waals surface area contributed by atoms with Crippen LogP contribution in [0.15, 0.2) is 12.4 Å². The van der Waals surface area contributed by atoms with Crippen molar-refractivity contribution in [2.45, 2.75) is 0 Å². The zero-order valence-corrected chi connectivity index (χ0v) is 6.39. The Morgan fingerprint density at radius 1 is 1.30 bits per heavy atom. The highest BCUT2D eigenvalue weighted by Gasteiger charge is 2.09. The van der Waals surface area contributed by atoms with Crippen molar-refractivity contribution in [1.29, 1.82) is 0 Å². The molecular formula is C5H5Cl2N2O+. The zero-order chi connectivity index (χ0) is 7.72. The number of hydrogen-bond donors (Lipinski definition) is 2. The van der Waals surface area contributed by atoms with Crippen molar-refractivity contribution in [3.05, 3.63) is 22.4 Å². The number of nitrogen functional groups attached to an aromatic ring is 1. The number of aromatic nitrogens is 1. The van der Waals surface area contributed by atoms with Crippen LogP contribution in [-0.2, 0) is 0 Å². The standard InChI is InChI=1S/C5H4Cl2N2O/c6-3-1-9(10)2-4(7)5(3)8/h1-2,8,10H/p+1. The highest BCUT2D eigenvalue weighted by Crippen LogP contribution is 2.23. The highest BCUT2D eigenvalue weighted by atomic mass is 35.5. The molecule has 1 aromatic heterocycles. The Morgan fingerprint density at radius 2 is 1.70 bits per heavy atom. The van der Waals surface area contributed by atoms with E-state index in [-0.39, 0.29) is 15.7 Å². The molecule has 0 aromatic carbocycles. The van der Waals surface area contributed by atoms with E-state index < -0.39 is 0 Å². The molecule has 1 aromatic rings. The monoisotopic (exact) mass is 179 g/mol. The maximum Gasteiger partial charge on any atom is 0.243 e. The van der Waals surface area contributed by atoms with Gasteiger partial charge in [0.1, 0.15) is 10.0 Å². The molecule has 0 spiro atoms. The SMILES string of the molecule is Nc1c(Cl)c[n+](O)cc1Cl. The van der Waals surface area contributed by atoms with E-state index in [1.54, 1.807) is 0 Å². The van der Waals surface area contributed by atoms with Crippen molar-refractivity contribution in [1.82, 2.24) is 0 Å². The molecule has 0 saturated heterocycles. The summed E-state index contributed by atoms with van der Waals surface area (Å²) in [4.78, 5) is 0. The quantitative estimate of drug-likeness (QED) is 0.463. The average Bonchev–Trinajstić information content (AvgIpc) is 1.82. The average molecular weight is 180 g/mol.